The highest BCUT2D eigenvalue weighted by atomic mass is 19.1. The Morgan fingerprint density at radius 1 is 1.08 bits per heavy atom. The minimum absolute atomic E-state index is 0.146. The Hall–Kier alpha value is -1.76. The molecule has 7 heteroatoms. The number of nitrogens with zero attached hydrogens (tertiary/aromatic N) is 4. The highest BCUT2D eigenvalue weighted by Gasteiger charge is 2.34. The predicted molar refractivity (Wildman–Crippen MR) is 92.7 cm³/mol. The Morgan fingerprint density at radius 3 is 2.48 bits per heavy atom. The van der Waals surface area contributed by atoms with E-state index in [4.69, 9.17) is 0 Å². The Kier molecular flexibility index (Phi) is 4.83. The van der Waals surface area contributed by atoms with Crippen molar-refractivity contribution in [3.05, 3.63) is 18.2 Å². The van der Waals surface area contributed by atoms with Crippen LogP contribution < -0.4 is 10.2 Å². The average Bonchev–Trinajstić information content (AvgIpc) is 3.47. The number of halogens is 1. The van der Waals surface area contributed by atoms with E-state index in [0.29, 0.717) is 18.0 Å². The second kappa shape index (κ2) is 7.23. The SMILES string of the molecule is O=C(NC1CC1)C1CCCN(C2CCN(c3ncc(F)cn3)CC2)C1. The van der Waals surface area contributed by atoms with Gasteiger partial charge in [0, 0.05) is 31.7 Å². The molecule has 1 N–H and O–H groups in total. The van der Waals surface area contributed by atoms with Gasteiger partial charge < -0.3 is 10.2 Å². The van der Waals surface area contributed by atoms with Crippen molar-refractivity contribution in [2.45, 2.75) is 50.6 Å². The summed E-state index contributed by atoms with van der Waals surface area (Å²) >= 11 is 0. The van der Waals surface area contributed by atoms with Gasteiger partial charge in [0.2, 0.25) is 11.9 Å². The summed E-state index contributed by atoms with van der Waals surface area (Å²) in [6, 6.07) is 0.968. The molecule has 4 rings (SSSR count). The Labute approximate surface area is 147 Å². The minimum atomic E-state index is -0.400. The molecule has 2 aliphatic heterocycles. The molecular formula is C18H26FN5O. The standard InChI is InChI=1S/C18H26FN5O/c19-14-10-20-18(21-11-14)23-8-5-16(6-9-23)24-7-1-2-13(12-24)17(25)22-15-3-4-15/h10-11,13,15-16H,1-9,12H2,(H,22,25). The van der Waals surface area contributed by atoms with Gasteiger partial charge in [-0.2, -0.15) is 0 Å². The monoisotopic (exact) mass is 347 g/mol. The number of hydrogen-bond donors (Lipinski definition) is 1. The molecule has 3 fully saturated rings. The molecule has 1 aromatic heterocycles. The molecule has 1 unspecified atom stereocenters. The molecule has 0 spiro atoms. The van der Waals surface area contributed by atoms with Crippen LogP contribution in [0.3, 0.4) is 0 Å². The van der Waals surface area contributed by atoms with Crippen molar-refractivity contribution >= 4 is 11.9 Å². The van der Waals surface area contributed by atoms with Crippen LogP contribution in [0.2, 0.25) is 0 Å². The first-order valence-corrected chi connectivity index (χ1v) is 9.46. The molecule has 1 aliphatic carbocycles. The molecule has 136 valence electrons. The molecule has 2 saturated heterocycles. The highest BCUT2D eigenvalue weighted by molar-refractivity contribution is 5.79. The summed E-state index contributed by atoms with van der Waals surface area (Å²) in [4.78, 5) is 25.1. The van der Waals surface area contributed by atoms with E-state index in [1.165, 1.54) is 12.4 Å². The van der Waals surface area contributed by atoms with E-state index >= 15 is 0 Å². The second-order valence-corrected chi connectivity index (χ2v) is 7.54. The fraction of sp³-hybridized carbons (Fsp3) is 0.722. The molecule has 1 amide bonds. The van der Waals surface area contributed by atoms with Crippen LogP contribution >= 0.6 is 0 Å². The summed E-state index contributed by atoms with van der Waals surface area (Å²) in [7, 11) is 0. The highest BCUT2D eigenvalue weighted by Crippen LogP contribution is 2.26. The molecule has 0 bridgehead atoms. The van der Waals surface area contributed by atoms with Crippen LogP contribution in [0.15, 0.2) is 12.4 Å². The maximum atomic E-state index is 13.0. The zero-order chi connectivity index (χ0) is 17.2. The number of aromatic nitrogens is 2. The minimum Gasteiger partial charge on any atom is -0.353 e. The first-order chi connectivity index (χ1) is 12.2. The van der Waals surface area contributed by atoms with Gasteiger partial charge in [-0.3, -0.25) is 9.69 Å². The lowest BCUT2D eigenvalue weighted by Crippen LogP contribution is -2.51. The van der Waals surface area contributed by atoms with Gasteiger partial charge >= 0.3 is 0 Å². The summed E-state index contributed by atoms with van der Waals surface area (Å²) in [5.74, 6) is 0.611. The lowest BCUT2D eigenvalue weighted by Gasteiger charge is -2.42. The first kappa shape index (κ1) is 16.7. The molecule has 0 radical (unpaired) electrons. The van der Waals surface area contributed by atoms with E-state index in [1.54, 1.807) is 0 Å². The number of nitrogens with one attached hydrogen (secondary N) is 1. The smallest absolute Gasteiger partial charge is 0.225 e. The van der Waals surface area contributed by atoms with E-state index < -0.39 is 5.82 Å². The molecule has 25 heavy (non-hydrogen) atoms. The fourth-order valence-corrected chi connectivity index (χ4v) is 4.00. The van der Waals surface area contributed by atoms with Crippen LogP contribution in [0.1, 0.15) is 38.5 Å². The number of hydrogen-bond acceptors (Lipinski definition) is 5. The normalized spacial score (nSPS) is 25.8. The Morgan fingerprint density at radius 2 is 1.80 bits per heavy atom. The zero-order valence-electron chi connectivity index (χ0n) is 14.5. The lowest BCUT2D eigenvalue weighted by molar-refractivity contribution is -0.127. The van der Waals surface area contributed by atoms with Gasteiger partial charge in [-0.1, -0.05) is 0 Å². The molecule has 1 atom stereocenters. The van der Waals surface area contributed by atoms with E-state index in [-0.39, 0.29) is 11.8 Å². The summed E-state index contributed by atoms with van der Waals surface area (Å²) < 4.78 is 13.0. The third kappa shape index (κ3) is 4.08. The largest absolute Gasteiger partial charge is 0.353 e. The van der Waals surface area contributed by atoms with Crippen molar-refractivity contribution in [3.8, 4) is 0 Å². The summed E-state index contributed by atoms with van der Waals surface area (Å²) in [5, 5.41) is 3.16. The maximum Gasteiger partial charge on any atom is 0.225 e. The van der Waals surface area contributed by atoms with Crippen LogP contribution in [0, 0.1) is 11.7 Å². The zero-order valence-corrected chi connectivity index (χ0v) is 14.5. The van der Waals surface area contributed by atoms with Crippen LogP contribution in [0.25, 0.3) is 0 Å². The van der Waals surface area contributed by atoms with E-state index in [1.807, 2.05) is 0 Å². The van der Waals surface area contributed by atoms with Crippen molar-refractivity contribution in [3.63, 3.8) is 0 Å². The Bertz CT molecular complexity index is 598. The van der Waals surface area contributed by atoms with Gasteiger partial charge in [-0.05, 0) is 45.1 Å². The van der Waals surface area contributed by atoms with Gasteiger partial charge in [0.15, 0.2) is 5.82 Å². The van der Waals surface area contributed by atoms with Crippen LogP contribution in [-0.4, -0.2) is 59.0 Å². The number of piperidine rings is 2. The topological polar surface area (TPSA) is 61.4 Å². The van der Waals surface area contributed by atoms with E-state index in [9.17, 15) is 9.18 Å². The van der Waals surface area contributed by atoms with Crippen molar-refractivity contribution in [1.29, 1.82) is 0 Å². The quantitative estimate of drug-likeness (QED) is 0.896. The predicted octanol–water partition coefficient (Wildman–Crippen LogP) is 1.58. The third-order valence-corrected chi connectivity index (χ3v) is 5.62. The van der Waals surface area contributed by atoms with Crippen molar-refractivity contribution in [2.75, 3.05) is 31.1 Å². The van der Waals surface area contributed by atoms with Gasteiger partial charge in [0.25, 0.3) is 0 Å². The molecule has 3 heterocycles. The van der Waals surface area contributed by atoms with Crippen LogP contribution in [-0.2, 0) is 4.79 Å². The Balaban J connectivity index is 1.29. The molecule has 6 nitrogen and oxygen atoms in total. The van der Waals surface area contributed by atoms with Gasteiger partial charge in [-0.15, -0.1) is 0 Å². The number of carbonyl (C=O) groups is 1. The van der Waals surface area contributed by atoms with Gasteiger partial charge in [0.1, 0.15) is 0 Å². The molecular weight excluding hydrogens is 321 g/mol. The summed E-state index contributed by atoms with van der Waals surface area (Å²) in [5.41, 5.74) is 0. The number of carbonyl (C=O) groups excluding carboxylic acids is 1. The summed E-state index contributed by atoms with van der Waals surface area (Å²) in [6.07, 6.45) is 8.93. The van der Waals surface area contributed by atoms with E-state index in [0.717, 1.165) is 64.7 Å². The van der Waals surface area contributed by atoms with E-state index in [2.05, 4.69) is 25.1 Å². The van der Waals surface area contributed by atoms with Crippen molar-refractivity contribution in [2.24, 2.45) is 5.92 Å². The number of rotatable bonds is 4. The van der Waals surface area contributed by atoms with Crippen molar-refractivity contribution in [1.82, 2.24) is 20.2 Å². The fourth-order valence-electron chi connectivity index (χ4n) is 4.00. The summed E-state index contributed by atoms with van der Waals surface area (Å²) in [6.45, 7) is 3.73. The van der Waals surface area contributed by atoms with Crippen LogP contribution in [0.4, 0.5) is 10.3 Å². The van der Waals surface area contributed by atoms with Gasteiger partial charge in [-0.25, -0.2) is 14.4 Å². The van der Waals surface area contributed by atoms with Crippen LogP contribution in [0.5, 0.6) is 0 Å². The molecule has 1 saturated carbocycles. The number of likely N-dealkylation sites (tertiary alicyclic amines) is 1. The van der Waals surface area contributed by atoms with Crippen molar-refractivity contribution < 1.29 is 9.18 Å². The van der Waals surface area contributed by atoms with Gasteiger partial charge in [0.05, 0.1) is 18.3 Å². The molecule has 0 aromatic carbocycles. The molecule has 1 aromatic rings. The lowest BCUT2D eigenvalue weighted by atomic mass is 9.93. The maximum absolute atomic E-state index is 13.0. The number of amides is 1. The molecule has 3 aliphatic rings. The first-order valence-electron chi connectivity index (χ1n) is 9.46. The number of anilines is 1. The average molecular weight is 347 g/mol. The third-order valence-electron chi connectivity index (χ3n) is 5.62. The second-order valence-electron chi connectivity index (χ2n) is 7.54.